The molecular formula is C23H28N4O4. The zero-order valence-electron chi connectivity index (χ0n) is 18.4. The van der Waals surface area contributed by atoms with E-state index in [4.69, 9.17) is 4.74 Å². The summed E-state index contributed by atoms with van der Waals surface area (Å²) in [6.07, 6.45) is 3.48. The molecule has 1 amide bonds. The maximum absolute atomic E-state index is 13.2. The summed E-state index contributed by atoms with van der Waals surface area (Å²) in [6.45, 7) is 8.31. The van der Waals surface area contributed by atoms with Gasteiger partial charge in [0.2, 0.25) is 5.91 Å². The molecule has 0 aliphatic heterocycles. The second-order valence-corrected chi connectivity index (χ2v) is 7.80. The van der Waals surface area contributed by atoms with Gasteiger partial charge in [-0.15, -0.1) is 0 Å². The second kappa shape index (κ2) is 9.68. The molecule has 0 saturated carbocycles. The number of hydrogen-bond donors (Lipinski definition) is 0. The Labute approximate surface area is 180 Å². The van der Waals surface area contributed by atoms with Crippen molar-refractivity contribution in [1.82, 2.24) is 14.0 Å². The van der Waals surface area contributed by atoms with Crippen molar-refractivity contribution in [2.24, 2.45) is 10.9 Å². The normalized spacial score (nSPS) is 12.1. The fourth-order valence-corrected chi connectivity index (χ4v) is 3.40. The van der Waals surface area contributed by atoms with Crippen LogP contribution in [0.5, 0.6) is 0 Å². The number of ether oxygens (including phenoxy) is 1. The van der Waals surface area contributed by atoms with Gasteiger partial charge in [-0.25, -0.2) is 9.78 Å². The minimum atomic E-state index is -0.624. The summed E-state index contributed by atoms with van der Waals surface area (Å²) in [4.78, 5) is 47.5. The van der Waals surface area contributed by atoms with Crippen molar-refractivity contribution in [2.45, 2.75) is 53.5 Å². The van der Waals surface area contributed by atoms with Crippen LogP contribution in [0.1, 0.15) is 57.3 Å². The van der Waals surface area contributed by atoms with E-state index < -0.39 is 5.97 Å². The Balaban J connectivity index is 2.46. The molecule has 0 unspecified atom stereocenters. The van der Waals surface area contributed by atoms with Crippen molar-refractivity contribution >= 4 is 28.6 Å². The van der Waals surface area contributed by atoms with Gasteiger partial charge in [0.05, 0.1) is 12.0 Å². The molecule has 0 aromatic carbocycles. The van der Waals surface area contributed by atoms with E-state index in [-0.39, 0.29) is 46.8 Å². The van der Waals surface area contributed by atoms with Crippen LogP contribution in [0.4, 0.5) is 0 Å². The van der Waals surface area contributed by atoms with Crippen LogP contribution in [-0.2, 0) is 16.1 Å². The topological polar surface area (TPSA) is 95.0 Å². The zero-order chi connectivity index (χ0) is 22.5. The predicted molar refractivity (Wildman–Crippen MR) is 118 cm³/mol. The van der Waals surface area contributed by atoms with E-state index in [0.717, 1.165) is 6.42 Å². The first-order valence-electron chi connectivity index (χ1n) is 10.7. The Morgan fingerprint density at radius 2 is 2.00 bits per heavy atom. The molecule has 0 spiro atoms. The third-order valence-corrected chi connectivity index (χ3v) is 4.81. The molecule has 0 fully saturated rings. The molecule has 8 nitrogen and oxygen atoms in total. The quantitative estimate of drug-likeness (QED) is 0.429. The van der Waals surface area contributed by atoms with Gasteiger partial charge in [0.25, 0.3) is 5.56 Å². The summed E-state index contributed by atoms with van der Waals surface area (Å²) in [6, 6.07) is 6.73. The van der Waals surface area contributed by atoms with Gasteiger partial charge in [-0.05, 0) is 37.5 Å². The predicted octanol–water partition coefficient (Wildman–Crippen LogP) is 3.10. The number of carbonyl (C=O) groups excluding carboxylic acids is 2. The van der Waals surface area contributed by atoms with Crippen LogP contribution in [0.15, 0.2) is 40.2 Å². The smallest absolute Gasteiger partial charge is 0.341 e. The molecule has 8 heteroatoms. The summed E-state index contributed by atoms with van der Waals surface area (Å²) in [7, 11) is 0. The number of pyridine rings is 2. The largest absolute Gasteiger partial charge is 0.462 e. The molecule has 31 heavy (non-hydrogen) atoms. The van der Waals surface area contributed by atoms with E-state index >= 15 is 0 Å². The van der Waals surface area contributed by atoms with Crippen molar-refractivity contribution in [3.05, 3.63) is 51.9 Å². The van der Waals surface area contributed by atoms with Crippen molar-refractivity contribution in [3.8, 4) is 0 Å². The number of rotatable bonds is 7. The van der Waals surface area contributed by atoms with E-state index in [1.54, 1.807) is 35.9 Å². The second-order valence-electron chi connectivity index (χ2n) is 7.80. The first-order valence-corrected chi connectivity index (χ1v) is 10.7. The molecule has 0 N–H and O–H groups in total. The zero-order valence-corrected chi connectivity index (χ0v) is 18.4. The lowest BCUT2D eigenvalue weighted by Crippen LogP contribution is -2.33. The molecule has 0 radical (unpaired) electrons. The van der Waals surface area contributed by atoms with Gasteiger partial charge in [0.15, 0.2) is 5.49 Å². The first kappa shape index (κ1) is 22.4. The van der Waals surface area contributed by atoms with Crippen LogP contribution in [0.2, 0.25) is 0 Å². The molecule has 3 aromatic rings. The molecule has 0 atom stereocenters. The lowest BCUT2D eigenvalue weighted by molar-refractivity contribution is -0.118. The Kier molecular flexibility index (Phi) is 6.99. The Morgan fingerprint density at radius 1 is 1.23 bits per heavy atom. The maximum Gasteiger partial charge on any atom is 0.341 e. The summed E-state index contributed by atoms with van der Waals surface area (Å²) in [5.41, 5.74) is 0.847. The number of hydrogen-bond acceptors (Lipinski definition) is 5. The number of carbonyl (C=O) groups is 2. The van der Waals surface area contributed by atoms with Crippen LogP contribution >= 0.6 is 0 Å². The third kappa shape index (κ3) is 4.73. The highest BCUT2D eigenvalue weighted by Gasteiger charge is 2.20. The van der Waals surface area contributed by atoms with E-state index in [0.29, 0.717) is 24.3 Å². The van der Waals surface area contributed by atoms with Crippen LogP contribution in [0.25, 0.3) is 16.7 Å². The van der Waals surface area contributed by atoms with Crippen LogP contribution in [0.3, 0.4) is 0 Å². The number of esters is 1. The minimum absolute atomic E-state index is 0.0922. The van der Waals surface area contributed by atoms with Gasteiger partial charge in [-0.2, -0.15) is 4.99 Å². The Hall–Kier alpha value is -3.29. The van der Waals surface area contributed by atoms with E-state index in [9.17, 15) is 14.4 Å². The van der Waals surface area contributed by atoms with Crippen LogP contribution in [-0.4, -0.2) is 32.4 Å². The van der Waals surface area contributed by atoms with Crippen molar-refractivity contribution in [2.75, 3.05) is 6.61 Å². The van der Waals surface area contributed by atoms with Crippen molar-refractivity contribution < 1.29 is 14.3 Å². The summed E-state index contributed by atoms with van der Waals surface area (Å²) >= 11 is 0. The average Bonchev–Trinajstić information content (AvgIpc) is 2.74. The first-order chi connectivity index (χ1) is 14.9. The van der Waals surface area contributed by atoms with Gasteiger partial charge in [-0.1, -0.05) is 33.3 Å². The summed E-state index contributed by atoms with van der Waals surface area (Å²) < 4.78 is 8.34. The fraction of sp³-hybridized carbons (Fsp3) is 0.435. The number of amides is 1. The Morgan fingerprint density at radius 3 is 2.68 bits per heavy atom. The van der Waals surface area contributed by atoms with Gasteiger partial charge >= 0.3 is 5.97 Å². The highest BCUT2D eigenvalue weighted by atomic mass is 16.5. The van der Waals surface area contributed by atoms with Crippen LogP contribution in [0, 0.1) is 5.92 Å². The van der Waals surface area contributed by atoms with Gasteiger partial charge in [-0.3, -0.25) is 14.0 Å². The highest BCUT2D eigenvalue weighted by molar-refractivity contribution is 5.93. The number of aromatic nitrogens is 3. The molecule has 3 rings (SSSR count). The lowest BCUT2D eigenvalue weighted by Gasteiger charge is -2.16. The molecular weight excluding hydrogens is 396 g/mol. The molecule has 0 aliphatic carbocycles. The SMILES string of the molecule is CCCCC(=O)N=c1c(C(=O)OCC)cc2c(=O)n3ccccc3nc2n1CC(C)C. The standard InChI is InChI=1S/C23H28N4O4/c1-5-7-11-19(28)25-21-17(23(30)31-6-2)13-16-20(27(21)14-15(3)4)24-18-10-8-9-12-26(18)22(16)29/h8-10,12-13,15H,5-7,11,14H2,1-4H3. The molecule has 0 saturated heterocycles. The number of nitrogens with zero attached hydrogens (tertiary/aromatic N) is 4. The Bertz CT molecular complexity index is 1250. The monoisotopic (exact) mass is 424 g/mol. The van der Waals surface area contributed by atoms with Gasteiger partial charge in [0, 0.05) is 19.2 Å². The minimum Gasteiger partial charge on any atom is -0.462 e. The van der Waals surface area contributed by atoms with Crippen LogP contribution < -0.4 is 11.0 Å². The van der Waals surface area contributed by atoms with E-state index in [1.165, 1.54) is 10.5 Å². The molecule has 3 heterocycles. The fourth-order valence-electron chi connectivity index (χ4n) is 3.40. The number of unbranched alkanes of at least 4 members (excludes halogenated alkanes) is 1. The lowest BCUT2D eigenvalue weighted by atomic mass is 10.1. The maximum atomic E-state index is 13.2. The highest BCUT2D eigenvalue weighted by Crippen LogP contribution is 2.13. The van der Waals surface area contributed by atoms with E-state index in [2.05, 4.69) is 9.98 Å². The third-order valence-electron chi connectivity index (χ3n) is 4.81. The molecule has 0 bridgehead atoms. The van der Waals surface area contributed by atoms with Gasteiger partial charge < -0.3 is 9.30 Å². The summed E-state index contributed by atoms with van der Waals surface area (Å²) in [5.74, 6) is -0.787. The molecule has 164 valence electrons. The van der Waals surface area contributed by atoms with Gasteiger partial charge in [0.1, 0.15) is 16.9 Å². The molecule has 0 aliphatic rings. The summed E-state index contributed by atoms with van der Waals surface area (Å²) in [5, 5.41) is 0.271. The van der Waals surface area contributed by atoms with Crippen molar-refractivity contribution in [1.29, 1.82) is 0 Å². The van der Waals surface area contributed by atoms with E-state index in [1.807, 2.05) is 20.8 Å². The van der Waals surface area contributed by atoms with Crippen molar-refractivity contribution in [3.63, 3.8) is 0 Å². The average molecular weight is 425 g/mol. The molecule has 3 aromatic heterocycles. The number of fused-ring (bicyclic) bond motifs is 2.